The van der Waals surface area contributed by atoms with Crippen molar-refractivity contribution >= 4 is 16.7 Å². The SMILES string of the molecule is COc1ccccc1NC(C)c1nc2ccccc2n1C. The Balaban J connectivity index is 1.93. The van der Waals surface area contributed by atoms with Gasteiger partial charge in [0.2, 0.25) is 0 Å². The Hall–Kier alpha value is -2.49. The summed E-state index contributed by atoms with van der Waals surface area (Å²) in [5.74, 6) is 1.84. The van der Waals surface area contributed by atoms with Crippen LogP contribution in [0.2, 0.25) is 0 Å². The minimum absolute atomic E-state index is 0.0821. The number of ether oxygens (including phenoxy) is 1. The lowest BCUT2D eigenvalue weighted by Gasteiger charge is -2.17. The van der Waals surface area contributed by atoms with E-state index in [1.807, 2.05) is 49.5 Å². The van der Waals surface area contributed by atoms with Gasteiger partial charge in [-0.1, -0.05) is 24.3 Å². The number of nitrogens with zero attached hydrogens (tertiary/aromatic N) is 2. The van der Waals surface area contributed by atoms with Gasteiger partial charge in [-0.15, -0.1) is 0 Å². The molecule has 4 heteroatoms. The molecular formula is C17H19N3O. The van der Waals surface area contributed by atoms with Crippen molar-refractivity contribution in [2.45, 2.75) is 13.0 Å². The number of benzene rings is 2. The van der Waals surface area contributed by atoms with E-state index in [0.717, 1.165) is 28.3 Å². The summed E-state index contributed by atoms with van der Waals surface area (Å²) in [4.78, 5) is 4.72. The van der Waals surface area contributed by atoms with Crippen LogP contribution in [0.25, 0.3) is 11.0 Å². The van der Waals surface area contributed by atoms with Crippen molar-refractivity contribution in [3.8, 4) is 5.75 Å². The molecule has 1 unspecified atom stereocenters. The molecule has 0 amide bonds. The van der Waals surface area contributed by atoms with Crippen molar-refractivity contribution in [1.82, 2.24) is 9.55 Å². The highest BCUT2D eigenvalue weighted by atomic mass is 16.5. The van der Waals surface area contributed by atoms with Gasteiger partial charge in [0.05, 0.1) is 29.9 Å². The van der Waals surface area contributed by atoms with Crippen LogP contribution in [0.1, 0.15) is 18.8 Å². The highest BCUT2D eigenvalue weighted by molar-refractivity contribution is 5.76. The molecule has 0 aliphatic carbocycles. The van der Waals surface area contributed by atoms with Crippen LogP contribution in [-0.2, 0) is 7.05 Å². The lowest BCUT2D eigenvalue weighted by atomic mass is 10.2. The molecule has 1 atom stereocenters. The fourth-order valence-electron chi connectivity index (χ4n) is 2.61. The van der Waals surface area contributed by atoms with E-state index in [2.05, 4.69) is 22.9 Å². The molecule has 0 bridgehead atoms. The van der Waals surface area contributed by atoms with Gasteiger partial charge in [-0.05, 0) is 31.2 Å². The Morgan fingerprint density at radius 2 is 1.81 bits per heavy atom. The van der Waals surface area contributed by atoms with E-state index in [0.29, 0.717) is 0 Å². The quantitative estimate of drug-likeness (QED) is 0.791. The maximum Gasteiger partial charge on any atom is 0.141 e. The molecule has 1 heterocycles. The van der Waals surface area contributed by atoms with Gasteiger partial charge in [0.25, 0.3) is 0 Å². The van der Waals surface area contributed by atoms with E-state index in [1.54, 1.807) is 7.11 Å². The third-order valence-corrected chi connectivity index (χ3v) is 3.69. The molecular weight excluding hydrogens is 262 g/mol. The zero-order chi connectivity index (χ0) is 14.8. The lowest BCUT2D eigenvalue weighted by Crippen LogP contribution is -2.12. The van der Waals surface area contributed by atoms with Crippen molar-refractivity contribution in [3.05, 3.63) is 54.4 Å². The first-order valence-electron chi connectivity index (χ1n) is 7.01. The normalized spacial score (nSPS) is 12.3. The highest BCUT2D eigenvalue weighted by Crippen LogP contribution is 2.28. The Morgan fingerprint density at radius 3 is 2.57 bits per heavy atom. The Morgan fingerprint density at radius 1 is 1.10 bits per heavy atom. The second kappa shape index (κ2) is 5.48. The number of nitrogens with one attached hydrogen (secondary N) is 1. The highest BCUT2D eigenvalue weighted by Gasteiger charge is 2.15. The second-order valence-corrected chi connectivity index (χ2v) is 5.08. The number of fused-ring (bicyclic) bond motifs is 1. The molecule has 3 rings (SSSR count). The second-order valence-electron chi connectivity index (χ2n) is 5.08. The number of imidazole rings is 1. The van der Waals surface area contributed by atoms with Crippen LogP contribution in [0.3, 0.4) is 0 Å². The Bertz CT molecular complexity index is 764. The zero-order valence-electron chi connectivity index (χ0n) is 12.5. The smallest absolute Gasteiger partial charge is 0.141 e. The summed E-state index contributed by atoms with van der Waals surface area (Å²) in [5, 5.41) is 3.47. The van der Waals surface area contributed by atoms with Gasteiger partial charge < -0.3 is 14.6 Å². The average Bonchev–Trinajstić information content (AvgIpc) is 2.85. The third-order valence-electron chi connectivity index (χ3n) is 3.69. The summed E-state index contributed by atoms with van der Waals surface area (Å²) < 4.78 is 7.51. The first-order chi connectivity index (χ1) is 10.2. The summed E-state index contributed by atoms with van der Waals surface area (Å²) in [6, 6.07) is 16.2. The van der Waals surface area contributed by atoms with Crippen LogP contribution in [0.15, 0.2) is 48.5 Å². The van der Waals surface area contributed by atoms with Gasteiger partial charge in [-0.2, -0.15) is 0 Å². The van der Waals surface area contributed by atoms with Gasteiger partial charge in [-0.25, -0.2) is 4.98 Å². The van der Waals surface area contributed by atoms with Gasteiger partial charge in [0.15, 0.2) is 0 Å². The Labute approximate surface area is 124 Å². The number of aryl methyl sites for hydroxylation is 1. The third kappa shape index (κ3) is 2.44. The van der Waals surface area contributed by atoms with E-state index in [1.165, 1.54) is 0 Å². The minimum atomic E-state index is 0.0821. The van der Waals surface area contributed by atoms with E-state index in [-0.39, 0.29) is 6.04 Å². The van der Waals surface area contributed by atoms with Crippen LogP contribution in [0.4, 0.5) is 5.69 Å². The minimum Gasteiger partial charge on any atom is -0.495 e. The van der Waals surface area contributed by atoms with Gasteiger partial charge in [0, 0.05) is 7.05 Å². The molecule has 0 aliphatic heterocycles. The molecule has 0 radical (unpaired) electrons. The van der Waals surface area contributed by atoms with Crippen LogP contribution in [0.5, 0.6) is 5.75 Å². The Kier molecular flexibility index (Phi) is 3.52. The molecule has 2 aromatic carbocycles. The summed E-state index contributed by atoms with van der Waals surface area (Å²) in [5.41, 5.74) is 3.13. The van der Waals surface area contributed by atoms with E-state index < -0.39 is 0 Å². The van der Waals surface area contributed by atoms with Crippen LogP contribution in [0, 0.1) is 0 Å². The predicted octanol–water partition coefficient (Wildman–Crippen LogP) is 3.76. The molecule has 0 aliphatic rings. The largest absolute Gasteiger partial charge is 0.495 e. The van der Waals surface area contributed by atoms with Crippen molar-refractivity contribution in [2.24, 2.45) is 7.05 Å². The average molecular weight is 281 g/mol. The van der Waals surface area contributed by atoms with Crippen molar-refractivity contribution in [2.75, 3.05) is 12.4 Å². The van der Waals surface area contributed by atoms with Gasteiger partial charge in [0.1, 0.15) is 11.6 Å². The fraction of sp³-hybridized carbons (Fsp3) is 0.235. The summed E-state index contributed by atoms with van der Waals surface area (Å²) in [6.45, 7) is 2.10. The number of anilines is 1. The molecule has 0 spiro atoms. The van der Waals surface area contributed by atoms with Gasteiger partial charge in [-0.3, -0.25) is 0 Å². The summed E-state index contributed by atoms with van der Waals surface area (Å²) >= 11 is 0. The predicted molar refractivity (Wildman–Crippen MR) is 85.7 cm³/mol. The number of para-hydroxylation sites is 4. The zero-order valence-corrected chi connectivity index (χ0v) is 12.5. The molecule has 108 valence electrons. The van der Waals surface area contributed by atoms with E-state index >= 15 is 0 Å². The van der Waals surface area contributed by atoms with E-state index in [4.69, 9.17) is 9.72 Å². The summed E-state index contributed by atoms with van der Waals surface area (Å²) in [6.07, 6.45) is 0. The maximum atomic E-state index is 5.38. The number of aromatic nitrogens is 2. The maximum absolute atomic E-state index is 5.38. The van der Waals surface area contributed by atoms with Crippen molar-refractivity contribution in [3.63, 3.8) is 0 Å². The van der Waals surface area contributed by atoms with Crippen LogP contribution < -0.4 is 10.1 Å². The summed E-state index contributed by atoms with van der Waals surface area (Å²) in [7, 11) is 3.73. The molecule has 0 fully saturated rings. The number of hydrogen-bond acceptors (Lipinski definition) is 3. The molecule has 3 aromatic rings. The molecule has 1 aromatic heterocycles. The molecule has 1 N–H and O–H groups in total. The number of methoxy groups -OCH3 is 1. The molecule has 4 nitrogen and oxygen atoms in total. The van der Waals surface area contributed by atoms with Crippen LogP contribution in [-0.4, -0.2) is 16.7 Å². The molecule has 0 saturated heterocycles. The number of hydrogen-bond donors (Lipinski definition) is 1. The lowest BCUT2D eigenvalue weighted by molar-refractivity contribution is 0.416. The first kappa shape index (κ1) is 13.5. The molecule has 0 saturated carbocycles. The van der Waals surface area contributed by atoms with Crippen molar-refractivity contribution in [1.29, 1.82) is 0 Å². The van der Waals surface area contributed by atoms with Crippen molar-refractivity contribution < 1.29 is 4.74 Å². The standard InChI is InChI=1S/C17H19N3O/c1-12(18-14-9-5-7-11-16(14)21-3)17-19-13-8-4-6-10-15(13)20(17)2/h4-12,18H,1-3H3. The van der Waals surface area contributed by atoms with Gasteiger partial charge >= 0.3 is 0 Å². The topological polar surface area (TPSA) is 39.1 Å². The number of rotatable bonds is 4. The monoisotopic (exact) mass is 281 g/mol. The first-order valence-corrected chi connectivity index (χ1v) is 7.01. The molecule has 21 heavy (non-hydrogen) atoms. The fourth-order valence-corrected chi connectivity index (χ4v) is 2.61. The van der Waals surface area contributed by atoms with E-state index in [9.17, 15) is 0 Å². The van der Waals surface area contributed by atoms with Crippen LogP contribution >= 0.6 is 0 Å².